The van der Waals surface area contributed by atoms with Crippen molar-refractivity contribution < 1.29 is 8.78 Å². The Hall–Kier alpha value is -1.00. The maximum absolute atomic E-state index is 14.2. The summed E-state index contributed by atoms with van der Waals surface area (Å²) in [4.78, 5) is 2.22. The molecule has 1 aliphatic heterocycles. The molecule has 1 aromatic carbocycles. The van der Waals surface area contributed by atoms with Crippen molar-refractivity contribution in [3.8, 4) is 0 Å². The smallest absolute Gasteiger partial charge is 0.130 e. The lowest BCUT2D eigenvalue weighted by Gasteiger charge is -2.33. The van der Waals surface area contributed by atoms with E-state index in [1.54, 1.807) is 6.07 Å². The largest absolute Gasteiger partial charge is 0.316 e. The summed E-state index contributed by atoms with van der Waals surface area (Å²) in [7, 11) is 2.05. The highest BCUT2D eigenvalue weighted by Gasteiger charge is 2.30. The molecule has 4 heteroatoms. The highest BCUT2D eigenvalue weighted by molar-refractivity contribution is 5.23. The standard InChI is InChI=1S/C17H26F2N2/c1-3-9-20-12-13-6-4-5-10-21(2)17(13)15-8-7-14(18)11-16(15)19/h7-8,11,13,17,20H,3-6,9-10,12H2,1-2H3. The van der Waals surface area contributed by atoms with Crippen molar-refractivity contribution in [1.82, 2.24) is 10.2 Å². The number of nitrogens with zero attached hydrogens (tertiary/aromatic N) is 1. The van der Waals surface area contributed by atoms with Crippen molar-refractivity contribution in [2.75, 3.05) is 26.7 Å². The molecule has 2 nitrogen and oxygen atoms in total. The fourth-order valence-electron chi connectivity index (χ4n) is 3.34. The van der Waals surface area contributed by atoms with Gasteiger partial charge < -0.3 is 5.32 Å². The number of rotatable bonds is 5. The van der Waals surface area contributed by atoms with E-state index in [4.69, 9.17) is 0 Å². The third-order valence-electron chi connectivity index (χ3n) is 4.37. The van der Waals surface area contributed by atoms with Gasteiger partial charge in [0, 0.05) is 17.7 Å². The molecular formula is C17H26F2N2. The summed E-state index contributed by atoms with van der Waals surface area (Å²) in [5.41, 5.74) is 0.629. The van der Waals surface area contributed by atoms with E-state index in [0.29, 0.717) is 11.5 Å². The van der Waals surface area contributed by atoms with Crippen LogP contribution in [0.3, 0.4) is 0 Å². The molecule has 0 radical (unpaired) electrons. The zero-order valence-corrected chi connectivity index (χ0v) is 13.0. The molecule has 1 aliphatic rings. The highest BCUT2D eigenvalue weighted by atomic mass is 19.1. The monoisotopic (exact) mass is 296 g/mol. The summed E-state index contributed by atoms with van der Waals surface area (Å²) in [6, 6.07) is 4.01. The van der Waals surface area contributed by atoms with Crippen LogP contribution in [0.5, 0.6) is 0 Å². The Kier molecular flexibility index (Phi) is 6.12. The van der Waals surface area contributed by atoms with E-state index in [-0.39, 0.29) is 6.04 Å². The minimum absolute atomic E-state index is 0.0254. The molecule has 0 saturated carbocycles. The quantitative estimate of drug-likeness (QED) is 0.833. The molecule has 1 saturated heterocycles. The third-order valence-corrected chi connectivity index (χ3v) is 4.37. The molecule has 1 fully saturated rings. The Morgan fingerprint density at radius 2 is 2.10 bits per heavy atom. The van der Waals surface area contributed by atoms with Gasteiger partial charge in [0.1, 0.15) is 11.6 Å². The molecular weight excluding hydrogens is 270 g/mol. The SMILES string of the molecule is CCCNCC1CCCCN(C)C1c1ccc(F)cc1F. The number of hydrogen-bond donors (Lipinski definition) is 1. The topological polar surface area (TPSA) is 15.3 Å². The Bertz CT molecular complexity index is 450. The van der Waals surface area contributed by atoms with Gasteiger partial charge in [0.2, 0.25) is 0 Å². The molecule has 1 heterocycles. The van der Waals surface area contributed by atoms with Gasteiger partial charge in [0.15, 0.2) is 0 Å². The lowest BCUT2D eigenvalue weighted by molar-refractivity contribution is 0.184. The van der Waals surface area contributed by atoms with Crippen LogP contribution < -0.4 is 5.32 Å². The second kappa shape index (κ2) is 7.85. The van der Waals surface area contributed by atoms with E-state index in [1.165, 1.54) is 12.5 Å². The van der Waals surface area contributed by atoms with Crippen molar-refractivity contribution in [3.63, 3.8) is 0 Å². The highest BCUT2D eigenvalue weighted by Crippen LogP contribution is 2.35. The fourth-order valence-corrected chi connectivity index (χ4v) is 3.34. The Balaban J connectivity index is 2.23. The maximum atomic E-state index is 14.2. The van der Waals surface area contributed by atoms with Gasteiger partial charge in [-0.1, -0.05) is 19.4 Å². The molecule has 0 aliphatic carbocycles. The maximum Gasteiger partial charge on any atom is 0.130 e. The van der Waals surface area contributed by atoms with Crippen LogP contribution in [0, 0.1) is 17.6 Å². The number of nitrogens with one attached hydrogen (secondary N) is 1. The van der Waals surface area contributed by atoms with Crippen LogP contribution >= 0.6 is 0 Å². The first-order valence-corrected chi connectivity index (χ1v) is 7.99. The fraction of sp³-hybridized carbons (Fsp3) is 0.647. The number of hydrogen-bond acceptors (Lipinski definition) is 2. The first kappa shape index (κ1) is 16.4. The van der Waals surface area contributed by atoms with E-state index in [1.807, 2.05) is 7.05 Å². The molecule has 1 N–H and O–H groups in total. The van der Waals surface area contributed by atoms with Crippen molar-refractivity contribution in [2.45, 2.75) is 38.6 Å². The summed E-state index contributed by atoms with van der Waals surface area (Å²) in [5.74, 6) is -0.563. The van der Waals surface area contributed by atoms with E-state index in [9.17, 15) is 8.78 Å². The molecule has 1 aromatic rings. The first-order chi connectivity index (χ1) is 10.1. The van der Waals surface area contributed by atoms with Crippen LogP contribution in [0.25, 0.3) is 0 Å². The molecule has 2 atom stereocenters. The van der Waals surface area contributed by atoms with Crippen molar-refractivity contribution in [3.05, 3.63) is 35.4 Å². The van der Waals surface area contributed by atoms with E-state index in [2.05, 4.69) is 17.1 Å². The van der Waals surface area contributed by atoms with Crippen LogP contribution in [0.1, 0.15) is 44.2 Å². The molecule has 21 heavy (non-hydrogen) atoms. The first-order valence-electron chi connectivity index (χ1n) is 7.99. The summed E-state index contributed by atoms with van der Waals surface area (Å²) in [6.07, 6.45) is 4.49. The lowest BCUT2D eigenvalue weighted by atomic mass is 9.89. The van der Waals surface area contributed by atoms with Gasteiger partial charge in [-0.15, -0.1) is 0 Å². The van der Waals surface area contributed by atoms with Crippen LogP contribution in [0.4, 0.5) is 8.78 Å². The van der Waals surface area contributed by atoms with Crippen LogP contribution in [-0.2, 0) is 0 Å². The Morgan fingerprint density at radius 3 is 2.81 bits per heavy atom. The summed E-state index contributed by atoms with van der Waals surface area (Å²) in [5, 5.41) is 3.46. The van der Waals surface area contributed by atoms with Crippen molar-refractivity contribution in [2.24, 2.45) is 5.92 Å². The summed E-state index contributed by atoms with van der Waals surface area (Å²) < 4.78 is 27.4. The molecule has 118 valence electrons. The lowest BCUT2D eigenvalue weighted by Crippen LogP contribution is -2.35. The zero-order chi connectivity index (χ0) is 15.2. The normalized spacial score (nSPS) is 24.0. The predicted octanol–water partition coefficient (Wildman–Crippen LogP) is 3.74. The molecule has 0 bridgehead atoms. The molecule has 0 amide bonds. The molecule has 0 spiro atoms. The van der Waals surface area contributed by atoms with Crippen LogP contribution in [0.15, 0.2) is 18.2 Å². The average Bonchev–Trinajstić information content (AvgIpc) is 2.62. The Labute approximate surface area is 126 Å². The minimum atomic E-state index is -0.506. The number of halogens is 2. The summed E-state index contributed by atoms with van der Waals surface area (Å²) in [6.45, 7) is 4.98. The minimum Gasteiger partial charge on any atom is -0.316 e. The van der Waals surface area contributed by atoms with Gasteiger partial charge in [-0.3, -0.25) is 4.90 Å². The third kappa shape index (κ3) is 4.24. The Morgan fingerprint density at radius 1 is 1.29 bits per heavy atom. The van der Waals surface area contributed by atoms with Crippen molar-refractivity contribution >= 4 is 0 Å². The molecule has 0 aromatic heterocycles. The van der Waals surface area contributed by atoms with Crippen molar-refractivity contribution in [1.29, 1.82) is 0 Å². The van der Waals surface area contributed by atoms with Crippen LogP contribution in [-0.4, -0.2) is 31.6 Å². The number of benzene rings is 1. The van der Waals surface area contributed by atoms with Gasteiger partial charge in [-0.25, -0.2) is 8.78 Å². The van der Waals surface area contributed by atoms with E-state index in [0.717, 1.165) is 45.0 Å². The van der Waals surface area contributed by atoms with Gasteiger partial charge >= 0.3 is 0 Å². The second-order valence-corrected chi connectivity index (χ2v) is 6.05. The molecule has 2 rings (SSSR count). The average molecular weight is 296 g/mol. The zero-order valence-electron chi connectivity index (χ0n) is 13.0. The van der Waals surface area contributed by atoms with Crippen LogP contribution in [0.2, 0.25) is 0 Å². The van der Waals surface area contributed by atoms with Gasteiger partial charge in [0.05, 0.1) is 0 Å². The number of likely N-dealkylation sites (tertiary alicyclic amines) is 1. The van der Waals surface area contributed by atoms with E-state index < -0.39 is 11.6 Å². The molecule has 2 unspecified atom stereocenters. The van der Waals surface area contributed by atoms with Gasteiger partial charge in [-0.05, 0) is 57.9 Å². The van der Waals surface area contributed by atoms with E-state index >= 15 is 0 Å². The van der Waals surface area contributed by atoms with Gasteiger partial charge in [0.25, 0.3) is 0 Å². The summed E-state index contributed by atoms with van der Waals surface area (Å²) >= 11 is 0. The predicted molar refractivity (Wildman–Crippen MR) is 82.2 cm³/mol. The second-order valence-electron chi connectivity index (χ2n) is 6.05. The van der Waals surface area contributed by atoms with Gasteiger partial charge in [-0.2, -0.15) is 0 Å².